The molecule has 2 rings (SSSR count). The summed E-state index contributed by atoms with van der Waals surface area (Å²) < 4.78 is 12.6. The van der Waals surface area contributed by atoms with Gasteiger partial charge in [-0.05, 0) is 37.1 Å². The Hall–Kier alpha value is -0.510. The largest absolute Gasteiger partial charge is 0.481 e. The van der Waals surface area contributed by atoms with Crippen molar-refractivity contribution in [2.45, 2.75) is 29.8 Å². The molecule has 1 saturated carbocycles. The molecule has 1 aromatic rings. The molecule has 1 fully saturated rings. The minimum atomic E-state index is -1.57. The van der Waals surface area contributed by atoms with Crippen molar-refractivity contribution in [2.24, 2.45) is 5.92 Å². The maximum Gasteiger partial charge on any atom is 0.310 e. The average Bonchev–Trinajstić information content (AvgIpc) is 2.79. The number of carbonyl (C=O) groups is 1. The summed E-state index contributed by atoms with van der Waals surface area (Å²) in [5, 5.41) is 9.37. The zero-order chi connectivity index (χ0) is 14.6. The standard InChI is InChI=1S/C13H12Cl3FO2/c1-12(2,17)7-3-6(4-8(14)5-7)9-10(11(18)19)13(9,15)16/h3-5,9-10H,1-2H3,(H,18,19). The topological polar surface area (TPSA) is 37.3 Å². The Labute approximate surface area is 125 Å². The van der Waals surface area contributed by atoms with E-state index in [1.807, 2.05) is 0 Å². The maximum atomic E-state index is 14.0. The van der Waals surface area contributed by atoms with E-state index in [4.69, 9.17) is 39.9 Å². The van der Waals surface area contributed by atoms with Crippen LogP contribution in [0.4, 0.5) is 4.39 Å². The molecule has 1 aliphatic rings. The number of aliphatic carboxylic acids is 1. The number of benzene rings is 1. The molecule has 0 aromatic heterocycles. The van der Waals surface area contributed by atoms with E-state index in [0.29, 0.717) is 16.1 Å². The van der Waals surface area contributed by atoms with Gasteiger partial charge in [0.1, 0.15) is 10.0 Å². The second kappa shape index (κ2) is 4.51. The highest BCUT2D eigenvalue weighted by molar-refractivity contribution is 6.53. The van der Waals surface area contributed by atoms with Gasteiger partial charge in [-0.25, -0.2) is 4.39 Å². The number of carboxylic acid groups (broad SMARTS) is 1. The van der Waals surface area contributed by atoms with Crippen LogP contribution >= 0.6 is 34.8 Å². The Kier molecular flexibility index (Phi) is 3.53. The molecule has 2 atom stereocenters. The number of carboxylic acids is 1. The minimum Gasteiger partial charge on any atom is -0.481 e. The summed E-state index contributed by atoms with van der Waals surface area (Å²) in [5.74, 6) is -2.55. The number of halogens is 4. The predicted octanol–water partition coefficient (Wildman–Crippen LogP) is 4.52. The van der Waals surface area contributed by atoms with Gasteiger partial charge in [0.05, 0.1) is 5.92 Å². The molecule has 2 unspecified atom stereocenters. The van der Waals surface area contributed by atoms with Gasteiger partial charge in [-0.3, -0.25) is 4.79 Å². The van der Waals surface area contributed by atoms with Gasteiger partial charge >= 0.3 is 5.97 Å². The van der Waals surface area contributed by atoms with Crippen molar-refractivity contribution in [1.82, 2.24) is 0 Å². The van der Waals surface area contributed by atoms with Crippen LogP contribution in [0.15, 0.2) is 18.2 Å². The number of hydrogen-bond acceptors (Lipinski definition) is 1. The van der Waals surface area contributed by atoms with E-state index in [2.05, 4.69) is 0 Å². The lowest BCUT2D eigenvalue weighted by Crippen LogP contribution is -2.09. The number of rotatable bonds is 3. The summed E-state index contributed by atoms with van der Waals surface area (Å²) in [5.41, 5.74) is -0.657. The van der Waals surface area contributed by atoms with E-state index in [1.54, 1.807) is 12.1 Å². The molecule has 0 saturated heterocycles. The van der Waals surface area contributed by atoms with Crippen LogP contribution < -0.4 is 0 Å². The van der Waals surface area contributed by atoms with Gasteiger partial charge in [-0.15, -0.1) is 0 Å². The zero-order valence-electron chi connectivity index (χ0n) is 10.3. The van der Waals surface area contributed by atoms with E-state index in [-0.39, 0.29) is 0 Å². The highest BCUT2D eigenvalue weighted by Crippen LogP contribution is 2.65. The third-order valence-electron chi connectivity index (χ3n) is 3.29. The Morgan fingerprint density at radius 1 is 1.37 bits per heavy atom. The van der Waals surface area contributed by atoms with E-state index in [0.717, 1.165) is 0 Å². The molecule has 19 heavy (non-hydrogen) atoms. The maximum absolute atomic E-state index is 14.0. The molecule has 0 aliphatic heterocycles. The first-order valence-corrected chi connectivity index (χ1v) is 6.79. The smallest absolute Gasteiger partial charge is 0.310 e. The first-order valence-electron chi connectivity index (χ1n) is 5.65. The second-order valence-electron chi connectivity index (χ2n) is 5.21. The van der Waals surface area contributed by atoms with Gasteiger partial charge in [0.15, 0.2) is 0 Å². The Morgan fingerprint density at radius 3 is 2.37 bits per heavy atom. The minimum absolute atomic E-state index is 0.332. The molecule has 0 heterocycles. The van der Waals surface area contributed by atoms with Crippen LogP contribution in [-0.4, -0.2) is 15.4 Å². The summed E-state index contributed by atoms with van der Waals surface area (Å²) in [6.45, 7) is 2.80. The molecular weight excluding hydrogens is 313 g/mol. The fourth-order valence-corrected chi connectivity index (χ4v) is 3.24. The molecule has 1 aliphatic carbocycles. The van der Waals surface area contributed by atoms with Crippen molar-refractivity contribution in [1.29, 1.82) is 0 Å². The molecule has 0 amide bonds. The quantitative estimate of drug-likeness (QED) is 0.830. The number of hydrogen-bond donors (Lipinski definition) is 1. The number of alkyl halides is 3. The summed E-state index contributed by atoms with van der Waals surface area (Å²) >= 11 is 17.9. The molecule has 104 valence electrons. The van der Waals surface area contributed by atoms with Gasteiger partial charge in [-0.1, -0.05) is 40.9 Å². The SMILES string of the molecule is CC(C)(F)c1cc(Cl)cc(C2C(C(=O)O)C2(Cl)Cl)c1. The fraction of sp³-hybridized carbons (Fsp3) is 0.462. The molecule has 0 radical (unpaired) electrons. The van der Waals surface area contributed by atoms with Crippen LogP contribution in [-0.2, 0) is 10.5 Å². The Balaban J connectivity index is 2.43. The van der Waals surface area contributed by atoms with Gasteiger partial charge in [0.2, 0.25) is 0 Å². The van der Waals surface area contributed by atoms with Gasteiger partial charge in [-0.2, -0.15) is 0 Å². The highest BCUT2D eigenvalue weighted by atomic mass is 35.5. The predicted molar refractivity (Wildman–Crippen MR) is 73.9 cm³/mol. The molecule has 6 heteroatoms. The van der Waals surface area contributed by atoms with Crippen molar-refractivity contribution in [3.63, 3.8) is 0 Å². The third kappa shape index (κ3) is 2.69. The highest BCUT2D eigenvalue weighted by Gasteiger charge is 2.68. The summed E-state index contributed by atoms with van der Waals surface area (Å²) in [4.78, 5) is 11.1. The van der Waals surface area contributed by atoms with E-state index >= 15 is 0 Å². The lowest BCUT2D eigenvalue weighted by atomic mass is 9.96. The Morgan fingerprint density at radius 2 is 1.95 bits per heavy atom. The average molecular weight is 326 g/mol. The fourth-order valence-electron chi connectivity index (χ4n) is 2.18. The van der Waals surface area contributed by atoms with Crippen LogP contribution in [0.3, 0.4) is 0 Å². The first kappa shape index (κ1) is 14.9. The van der Waals surface area contributed by atoms with Crippen LogP contribution in [0.5, 0.6) is 0 Å². The normalized spacial score (nSPS) is 25.2. The Bertz CT molecular complexity index is 537. The molecule has 1 aromatic carbocycles. The summed E-state index contributed by atoms with van der Waals surface area (Å²) in [6.07, 6.45) is 0. The lowest BCUT2D eigenvalue weighted by Gasteiger charge is -2.16. The van der Waals surface area contributed by atoms with Gasteiger partial charge in [0, 0.05) is 10.9 Å². The monoisotopic (exact) mass is 324 g/mol. The van der Waals surface area contributed by atoms with E-state index in [1.165, 1.54) is 19.9 Å². The van der Waals surface area contributed by atoms with Gasteiger partial charge < -0.3 is 5.11 Å². The van der Waals surface area contributed by atoms with Gasteiger partial charge in [0.25, 0.3) is 0 Å². The van der Waals surface area contributed by atoms with Crippen LogP contribution in [0.1, 0.15) is 30.9 Å². The van der Waals surface area contributed by atoms with Crippen LogP contribution in [0.25, 0.3) is 0 Å². The summed E-state index contributed by atoms with van der Waals surface area (Å²) in [7, 11) is 0. The van der Waals surface area contributed by atoms with Crippen molar-refractivity contribution >= 4 is 40.8 Å². The van der Waals surface area contributed by atoms with Crippen molar-refractivity contribution in [2.75, 3.05) is 0 Å². The van der Waals surface area contributed by atoms with Crippen LogP contribution in [0, 0.1) is 5.92 Å². The van der Waals surface area contributed by atoms with Crippen molar-refractivity contribution in [3.8, 4) is 0 Å². The molecule has 1 N–H and O–H groups in total. The molecule has 0 spiro atoms. The van der Waals surface area contributed by atoms with Crippen molar-refractivity contribution in [3.05, 3.63) is 34.3 Å². The zero-order valence-corrected chi connectivity index (χ0v) is 12.5. The van der Waals surface area contributed by atoms with Crippen LogP contribution in [0.2, 0.25) is 5.02 Å². The molecule has 2 nitrogen and oxygen atoms in total. The second-order valence-corrected chi connectivity index (χ2v) is 7.09. The third-order valence-corrected chi connectivity index (χ3v) is 4.44. The first-order chi connectivity index (χ1) is 8.55. The molecular formula is C13H12Cl3FO2. The lowest BCUT2D eigenvalue weighted by molar-refractivity contribution is -0.138. The van der Waals surface area contributed by atoms with E-state index < -0.39 is 27.8 Å². The van der Waals surface area contributed by atoms with E-state index in [9.17, 15) is 9.18 Å². The summed E-state index contributed by atoms with van der Waals surface area (Å²) in [6, 6.07) is 4.65. The molecule has 0 bridgehead atoms. The van der Waals surface area contributed by atoms with Crippen molar-refractivity contribution < 1.29 is 14.3 Å².